The van der Waals surface area contributed by atoms with E-state index in [1.54, 1.807) is 6.21 Å². The molecule has 3 rings (SSSR count). The maximum Gasteiger partial charge on any atom is 0.219 e. The van der Waals surface area contributed by atoms with Gasteiger partial charge >= 0.3 is 0 Å². The molecule has 3 aromatic rings. The topological polar surface area (TPSA) is 54.3 Å². The lowest BCUT2D eigenvalue weighted by atomic mass is 10.1. The molecule has 0 spiro atoms. The van der Waals surface area contributed by atoms with Crippen LogP contribution in [-0.4, -0.2) is 11.3 Å². The van der Waals surface area contributed by atoms with Gasteiger partial charge in [-0.05, 0) is 18.3 Å². The number of nitrogens with zero attached hydrogens (tertiary/aromatic N) is 2. The van der Waals surface area contributed by atoms with Gasteiger partial charge in [-0.2, -0.15) is 9.67 Å². The lowest BCUT2D eigenvalue weighted by Crippen LogP contribution is -2.31. The summed E-state index contributed by atoms with van der Waals surface area (Å²) in [6.45, 7) is 0. The molecule has 0 unspecified atom stereocenters. The average Bonchev–Trinajstić information content (AvgIpc) is 2.55. The lowest BCUT2D eigenvalue weighted by molar-refractivity contribution is -0.567. The minimum atomic E-state index is 0.149. The maximum absolute atomic E-state index is 5.37. The van der Waals surface area contributed by atoms with Gasteiger partial charge in [-0.3, -0.25) is 5.43 Å². The van der Waals surface area contributed by atoms with Crippen molar-refractivity contribution in [2.75, 3.05) is 0 Å². The summed E-state index contributed by atoms with van der Waals surface area (Å²) in [5.41, 5.74) is 11.2. The van der Waals surface area contributed by atoms with E-state index >= 15 is 0 Å². The number of hydrogen-bond donors (Lipinski definition) is 2. The van der Waals surface area contributed by atoms with Crippen LogP contribution in [0.4, 0.5) is 0 Å². The Morgan fingerprint density at radius 2 is 1.77 bits per heavy atom. The Hall–Kier alpha value is -2.79. The largest absolute Gasteiger partial charge is 0.375 e. The molecule has 108 valence electrons. The zero-order chi connectivity index (χ0) is 15.4. The molecular formula is C17H15N4S+. The number of aromatic nitrogens is 1. The van der Waals surface area contributed by atoms with E-state index in [4.69, 9.17) is 18.0 Å². The van der Waals surface area contributed by atoms with Crippen LogP contribution in [0.1, 0.15) is 5.56 Å². The van der Waals surface area contributed by atoms with Crippen LogP contribution in [-0.2, 0) is 0 Å². The van der Waals surface area contributed by atoms with Crippen molar-refractivity contribution < 1.29 is 4.57 Å². The molecule has 0 aliphatic rings. The number of hydrazone groups is 1. The lowest BCUT2D eigenvalue weighted by Gasteiger charge is -2.03. The normalized spacial score (nSPS) is 10.9. The van der Waals surface area contributed by atoms with E-state index in [-0.39, 0.29) is 5.11 Å². The van der Waals surface area contributed by atoms with Crippen molar-refractivity contribution in [2.24, 2.45) is 10.8 Å². The summed E-state index contributed by atoms with van der Waals surface area (Å²) in [6, 6.07) is 20.4. The first kappa shape index (κ1) is 14.2. The second-order valence-electron chi connectivity index (χ2n) is 4.73. The zero-order valence-electron chi connectivity index (χ0n) is 11.8. The van der Waals surface area contributed by atoms with Crippen LogP contribution in [0.2, 0.25) is 0 Å². The third-order valence-electron chi connectivity index (χ3n) is 3.29. The van der Waals surface area contributed by atoms with Crippen LogP contribution in [0.5, 0.6) is 0 Å². The number of nitrogens with two attached hydrogens (primary N) is 1. The van der Waals surface area contributed by atoms with Gasteiger partial charge in [0, 0.05) is 29.8 Å². The summed E-state index contributed by atoms with van der Waals surface area (Å²) >= 11 is 4.74. The molecule has 2 aromatic carbocycles. The molecule has 0 fully saturated rings. The third kappa shape index (κ3) is 2.94. The van der Waals surface area contributed by atoms with Crippen molar-refractivity contribution in [1.29, 1.82) is 0 Å². The minimum absolute atomic E-state index is 0.149. The summed E-state index contributed by atoms with van der Waals surface area (Å²) in [5, 5.41) is 5.29. The molecule has 0 saturated heterocycles. The fourth-order valence-electron chi connectivity index (χ4n) is 2.34. The minimum Gasteiger partial charge on any atom is -0.375 e. The van der Waals surface area contributed by atoms with E-state index < -0.39 is 0 Å². The van der Waals surface area contributed by atoms with Crippen molar-refractivity contribution in [2.45, 2.75) is 0 Å². The molecule has 0 saturated carbocycles. The van der Waals surface area contributed by atoms with Gasteiger partial charge in [0.15, 0.2) is 11.3 Å². The summed E-state index contributed by atoms with van der Waals surface area (Å²) < 4.78 is 2.15. The number of benzene rings is 2. The molecule has 0 atom stereocenters. The highest BCUT2D eigenvalue weighted by Gasteiger charge is 2.13. The van der Waals surface area contributed by atoms with Crippen molar-refractivity contribution >= 4 is 34.4 Å². The van der Waals surface area contributed by atoms with E-state index in [0.717, 1.165) is 22.2 Å². The summed E-state index contributed by atoms with van der Waals surface area (Å²) in [6.07, 6.45) is 3.75. The highest BCUT2D eigenvalue weighted by molar-refractivity contribution is 7.80. The molecule has 1 heterocycles. The summed E-state index contributed by atoms with van der Waals surface area (Å²) in [7, 11) is 0. The van der Waals surface area contributed by atoms with Crippen LogP contribution in [0, 0.1) is 0 Å². The molecule has 5 heteroatoms. The molecule has 3 N–H and O–H groups in total. The Labute approximate surface area is 133 Å². The van der Waals surface area contributed by atoms with Crippen molar-refractivity contribution in [3.63, 3.8) is 0 Å². The molecule has 22 heavy (non-hydrogen) atoms. The zero-order valence-corrected chi connectivity index (χ0v) is 12.6. The van der Waals surface area contributed by atoms with Crippen molar-refractivity contribution in [1.82, 2.24) is 5.43 Å². The van der Waals surface area contributed by atoms with Crippen LogP contribution in [0.15, 0.2) is 72.0 Å². The average molecular weight is 307 g/mol. The summed E-state index contributed by atoms with van der Waals surface area (Å²) in [4.78, 5) is 0. The Bertz CT molecular complexity index is 844. The van der Waals surface area contributed by atoms with Crippen LogP contribution in [0.3, 0.4) is 0 Å². The van der Waals surface area contributed by atoms with Gasteiger partial charge in [0.2, 0.25) is 11.2 Å². The van der Waals surface area contributed by atoms with Crippen molar-refractivity contribution in [3.8, 4) is 5.69 Å². The SMILES string of the molecule is NC(=S)N/N=C/c1cc[n+](-c2ccccc2)c2ccccc12. The first-order valence-corrected chi connectivity index (χ1v) is 7.24. The number of fused-ring (bicyclic) bond motifs is 1. The van der Waals surface area contributed by atoms with E-state index in [2.05, 4.69) is 39.4 Å². The fourth-order valence-corrected chi connectivity index (χ4v) is 2.40. The Morgan fingerprint density at radius 3 is 2.55 bits per heavy atom. The van der Waals surface area contributed by atoms with Gasteiger partial charge in [-0.15, -0.1) is 0 Å². The molecule has 1 aromatic heterocycles. The predicted molar refractivity (Wildman–Crippen MR) is 93.0 cm³/mol. The Kier molecular flexibility index (Phi) is 4.07. The van der Waals surface area contributed by atoms with Gasteiger partial charge in [0.25, 0.3) is 0 Å². The molecule has 0 bridgehead atoms. The standard InChI is InChI=1S/C17H14N4S/c18-17(22)20-19-12-13-10-11-21(14-6-2-1-3-7-14)16-9-5-4-8-15(13)16/h1-12H,(H2,18,22)/p+1. The second-order valence-corrected chi connectivity index (χ2v) is 5.17. The third-order valence-corrected chi connectivity index (χ3v) is 3.38. The maximum atomic E-state index is 5.37. The van der Waals surface area contributed by atoms with E-state index in [9.17, 15) is 0 Å². The van der Waals surface area contributed by atoms with E-state index in [1.807, 2.05) is 42.6 Å². The number of hydrogen-bond acceptors (Lipinski definition) is 2. The number of nitrogens with one attached hydrogen (secondary N) is 1. The Morgan fingerprint density at radius 1 is 1.05 bits per heavy atom. The smallest absolute Gasteiger partial charge is 0.219 e. The molecular weight excluding hydrogens is 292 g/mol. The Balaban J connectivity index is 2.11. The van der Waals surface area contributed by atoms with E-state index in [0.29, 0.717) is 0 Å². The second kappa shape index (κ2) is 6.32. The fraction of sp³-hybridized carbons (Fsp3) is 0. The van der Waals surface area contributed by atoms with Gasteiger partial charge in [-0.25, -0.2) is 0 Å². The number of rotatable bonds is 3. The number of pyridine rings is 1. The number of para-hydroxylation sites is 2. The quantitative estimate of drug-likeness (QED) is 0.338. The summed E-state index contributed by atoms with van der Waals surface area (Å²) in [5.74, 6) is 0. The van der Waals surface area contributed by atoms with Crippen LogP contribution in [0.25, 0.3) is 16.6 Å². The highest BCUT2D eigenvalue weighted by Crippen LogP contribution is 2.15. The predicted octanol–water partition coefficient (Wildman–Crippen LogP) is 2.28. The molecule has 0 aliphatic carbocycles. The molecule has 0 aliphatic heterocycles. The van der Waals surface area contributed by atoms with Gasteiger partial charge in [-0.1, -0.05) is 30.3 Å². The van der Waals surface area contributed by atoms with E-state index in [1.165, 1.54) is 0 Å². The van der Waals surface area contributed by atoms with Crippen molar-refractivity contribution in [3.05, 3.63) is 72.4 Å². The highest BCUT2D eigenvalue weighted by atomic mass is 32.1. The molecule has 0 amide bonds. The first-order valence-electron chi connectivity index (χ1n) is 6.83. The number of thiocarbonyl (C=S) groups is 1. The molecule has 0 radical (unpaired) electrons. The van der Waals surface area contributed by atoms with Gasteiger partial charge < -0.3 is 5.73 Å². The van der Waals surface area contributed by atoms with Gasteiger partial charge in [0.05, 0.1) is 11.6 Å². The molecule has 4 nitrogen and oxygen atoms in total. The van der Waals surface area contributed by atoms with Gasteiger partial charge in [0.1, 0.15) is 0 Å². The monoisotopic (exact) mass is 307 g/mol. The van der Waals surface area contributed by atoms with Crippen LogP contribution >= 0.6 is 12.2 Å². The first-order chi connectivity index (χ1) is 10.8. The van der Waals surface area contributed by atoms with Crippen LogP contribution < -0.4 is 15.7 Å².